The summed E-state index contributed by atoms with van der Waals surface area (Å²) in [5.74, 6) is -0.349. The predicted molar refractivity (Wildman–Crippen MR) is 87.9 cm³/mol. The number of nitrogens with one attached hydrogen (secondary N) is 1. The largest absolute Gasteiger partial charge is 0.319 e. The summed E-state index contributed by atoms with van der Waals surface area (Å²) < 4.78 is 1.51. The van der Waals surface area contributed by atoms with Gasteiger partial charge in [-0.15, -0.1) is 0 Å². The van der Waals surface area contributed by atoms with Crippen molar-refractivity contribution in [3.63, 3.8) is 0 Å². The topological polar surface area (TPSA) is 67.2 Å². The van der Waals surface area contributed by atoms with Crippen molar-refractivity contribution in [2.24, 2.45) is 7.05 Å². The quantitative estimate of drug-likeness (QED) is 0.835. The molecule has 0 spiro atoms. The first-order valence-corrected chi connectivity index (χ1v) is 7.99. The second-order valence-electron chi connectivity index (χ2n) is 5.05. The number of aromatic nitrogens is 2. The summed E-state index contributed by atoms with van der Waals surface area (Å²) in [6.45, 7) is 1.80. The van der Waals surface area contributed by atoms with Crippen molar-refractivity contribution in [3.8, 4) is 0 Å². The molecular weight excluding hydrogens is 348 g/mol. The number of benzene rings is 1. The number of hydrogen-bond acceptors (Lipinski definition) is 3. The molecule has 0 saturated carbocycles. The molecule has 1 aromatic heterocycles. The first-order chi connectivity index (χ1) is 10.5. The maximum atomic E-state index is 12.7. The molecule has 3 rings (SSSR count). The number of rotatable bonds is 2. The van der Waals surface area contributed by atoms with Crippen LogP contribution in [-0.2, 0) is 11.8 Å². The fraction of sp³-hybridized carbons (Fsp3) is 0.267. The van der Waals surface area contributed by atoms with Crippen molar-refractivity contribution in [2.75, 3.05) is 15.5 Å². The van der Waals surface area contributed by atoms with Crippen LogP contribution in [0.1, 0.15) is 22.6 Å². The van der Waals surface area contributed by atoms with Crippen LogP contribution in [-0.4, -0.2) is 26.9 Å². The lowest BCUT2D eigenvalue weighted by atomic mass is 10.2. The van der Waals surface area contributed by atoms with Gasteiger partial charge in [0.25, 0.3) is 5.91 Å². The van der Waals surface area contributed by atoms with Crippen LogP contribution in [0.2, 0.25) is 0 Å². The summed E-state index contributed by atoms with van der Waals surface area (Å²) in [6.07, 6.45) is 0.330. The van der Waals surface area contributed by atoms with Gasteiger partial charge >= 0.3 is 0 Å². The fourth-order valence-corrected chi connectivity index (χ4v) is 3.04. The van der Waals surface area contributed by atoms with Gasteiger partial charge in [-0.3, -0.25) is 19.2 Å². The van der Waals surface area contributed by atoms with E-state index < -0.39 is 0 Å². The Balaban J connectivity index is 2.29. The molecule has 0 bridgehead atoms. The maximum Gasteiger partial charge on any atom is 0.276 e. The third-order valence-electron chi connectivity index (χ3n) is 3.58. The van der Waals surface area contributed by atoms with Crippen LogP contribution in [0.15, 0.2) is 24.3 Å². The number of anilines is 3. The maximum absolute atomic E-state index is 12.7. The van der Waals surface area contributed by atoms with Crippen molar-refractivity contribution in [1.29, 1.82) is 0 Å². The van der Waals surface area contributed by atoms with Crippen LogP contribution in [0.5, 0.6) is 0 Å². The van der Waals surface area contributed by atoms with Crippen LogP contribution in [0.3, 0.4) is 0 Å². The highest BCUT2D eigenvalue weighted by Gasteiger charge is 2.33. The molecular formula is C15H15BrN4O2. The summed E-state index contributed by atoms with van der Waals surface area (Å²) in [5, 5.41) is 7.71. The Morgan fingerprint density at radius 2 is 2.09 bits per heavy atom. The molecule has 2 amide bonds. The number of carbonyl (C=O) groups excluding carboxylic acids is 2. The van der Waals surface area contributed by atoms with Gasteiger partial charge in [0, 0.05) is 18.8 Å². The van der Waals surface area contributed by atoms with Crippen LogP contribution in [0.25, 0.3) is 0 Å². The summed E-state index contributed by atoms with van der Waals surface area (Å²) in [4.78, 5) is 26.8. The third kappa shape index (κ3) is 2.21. The molecule has 0 saturated heterocycles. The first-order valence-electron chi connectivity index (χ1n) is 6.87. The highest BCUT2D eigenvalue weighted by atomic mass is 79.9. The number of aryl methyl sites for hydroxylation is 2. The molecule has 0 atom stereocenters. The van der Waals surface area contributed by atoms with E-state index in [1.54, 1.807) is 24.9 Å². The van der Waals surface area contributed by atoms with E-state index in [2.05, 4.69) is 26.3 Å². The smallest absolute Gasteiger partial charge is 0.276 e. The molecule has 0 radical (unpaired) electrons. The third-order valence-corrected chi connectivity index (χ3v) is 3.98. The molecule has 22 heavy (non-hydrogen) atoms. The zero-order valence-corrected chi connectivity index (χ0v) is 13.8. The highest BCUT2D eigenvalue weighted by Crippen LogP contribution is 2.39. The van der Waals surface area contributed by atoms with E-state index in [0.717, 1.165) is 0 Å². The van der Waals surface area contributed by atoms with Gasteiger partial charge in [-0.1, -0.05) is 28.1 Å². The molecule has 6 nitrogen and oxygen atoms in total. The Hall–Kier alpha value is -2.15. The molecule has 1 aliphatic rings. The lowest BCUT2D eigenvalue weighted by Gasteiger charge is -2.22. The summed E-state index contributed by atoms with van der Waals surface area (Å²) in [7, 11) is 1.70. The van der Waals surface area contributed by atoms with E-state index in [4.69, 9.17) is 0 Å². The average Bonchev–Trinajstić information content (AvgIpc) is 2.68. The van der Waals surface area contributed by atoms with Gasteiger partial charge in [0.05, 0.1) is 17.1 Å². The Morgan fingerprint density at radius 3 is 2.82 bits per heavy atom. The van der Waals surface area contributed by atoms with Gasteiger partial charge in [0.2, 0.25) is 5.91 Å². The molecule has 114 valence electrons. The minimum absolute atomic E-state index is 0.0850. The number of para-hydroxylation sites is 2. The number of nitrogens with zero attached hydrogens (tertiary/aromatic N) is 3. The van der Waals surface area contributed by atoms with Crippen LogP contribution >= 0.6 is 15.9 Å². The molecule has 0 fully saturated rings. The van der Waals surface area contributed by atoms with Gasteiger partial charge < -0.3 is 5.32 Å². The van der Waals surface area contributed by atoms with E-state index in [0.29, 0.717) is 40.2 Å². The number of halogens is 1. The van der Waals surface area contributed by atoms with Crippen molar-refractivity contribution in [2.45, 2.75) is 13.3 Å². The number of amides is 2. The Morgan fingerprint density at radius 1 is 1.36 bits per heavy atom. The number of fused-ring (bicyclic) bond motifs is 2. The second-order valence-corrected chi connectivity index (χ2v) is 5.84. The van der Waals surface area contributed by atoms with Gasteiger partial charge in [-0.25, -0.2) is 0 Å². The van der Waals surface area contributed by atoms with Crippen molar-refractivity contribution in [1.82, 2.24) is 9.78 Å². The first kappa shape index (κ1) is 14.8. The standard InChI is InChI=1S/C15H15BrN4O2/c1-9-13-14(19(2)18-9)15(22)17-10-5-3-4-6-11(10)20(13)12(21)7-8-16/h3-6H,7-8H2,1-2H3,(H,17,22). The monoisotopic (exact) mass is 362 g/mol. The van der Waals surface area contributed by atoms with E-state index in [-0.39, 0.29) is 11.8 Å². The molecule has 1 N–H and O–H groups in total. The SMILES string of the molecule is Cc1nn(C)c2c1N(C(=O)CCBr)c1ccccc1NC2=O. The van der Waals surface area contributed by atoms with Gasteiger partial charge in [0.1, 0.15) is 5.69 Å². The number of hydrogen-bond donors (Lipinski definition) is 1. The summed E-state index contributed by atoms with van der Waals surface area (Å²) >= 11 is 3.30. The second kappa shape index (κ2) is 5.57. The summed E-state index contributed by atoms with van der Waals surface area (Å²) in [5.41, 5.74) is 2.86. The fourth-order valence-electron chi connectivity index (χ4n) is 2.70. The molecule has 7 heteroatoms. The Bertz CT molecular complexity index is 769. The van der Waals surface area contributed by atoms with Crippen molar-refractivity contribution in [3.05, 3.63) is 35.7 Å². The number of alkyl halides is 1. The molecule has 1 aliphatic heterocycles. The number of carbonyl (C=O) groups is 2. The normalized spacial score (nSPS) is 13.2. The molecule has 1 aromatic carbocycles. The van der Waals surface area contributed by atoms with Gasteiger partial charge in [-0.2, -0.15) is 5.10 Å². The predicted octanol–water partition coefficient (Wildman–Crippen LogP) is 2.74. The molecule has 0 unspecified atom stereocenters. The van der Waals surface area contributed by atoms with E-state index in [1.807, 2.05) is 18.2 Å². The van der Waals surface area contributed by atoms with E-state index in [9.17, 15) is 9.59 Å². The Labute approximate surface area is 136 Å². The lowest BCUT2D eigenvalue weighted by molar-refractivity contribution is -0.117. The van der Waals surface area contributed by atoms with E-state index >= 15 is 0 Å². The average molecular weight is 363 g/mol. The Kier molecular flexibility index (Phi) is 3.74. The van der Waals surface area contributed by atoms with Crippen molar-refractivity contribution >= 4 is 44.8 Å². The summed E-state index contributed by atoms with van der Waals surface area (Å²) in [6, 6.07) is 7.28. The molecule has 2 heterocycles. The lowest BCUT2D eigenvalue weighted by Crippen LogP contribution is -2.27. The zero-order valence-electron chi connectivity index (χ0n) is 12.3. The van der Waals surface area contributed by atoms with Gasteiger partial charge in [-0.05, 0) is 19.1 Å². The van der Waals surface area contributed by atoms with Crippen LogP contribution in [0, 0.1) is 6.92 Å². The molecule has 2 aromatic rings. The van der Waals surface area contributed by atoms with Crippen LogP contribution in [0.4, 0.5) is 17.1 Å². The van der Waals surface area contributed by atoms with Crippen molar-refractivity contribution < 1.29 is 9.59 Å². The minimum Gasteiger partial charge on any atom is -0.319 e. The zero-order chi connectivity index (χ0) is 15.9. The highest BCUT2D eigenvalue weighted by molar-refractivity contribution is 9.09. The molecule has 0 aliphatic carbocycles. The van der Waals surface area contributed by atoms with Gasteiger partial charge in [0.15, 0.2) is 5.69 Å². The van der Waals surface area contributed by atoms with E-state index in [1.165, 1.54) is 4.68 Å². The minimum atomic E-state index is -0.264. The van der Waals surface area contributed by atoms with Crippen LogP contribution < -0.4 is 10.2 Å².